The van der Waals surface area contributed by atoms with Gasteiger partial charge < -0.3 is 14.6 Å². The SMILES string of the molecule is CC(C)(C)OC(=O)NC[C@H]1CC[C@H](n2c(CC#N)nc3cnc4ccsc4c32)CC1. The molecule has 3 heterocycles. The van der Waals surface area contributed by atoms with Gasteiger partial charge in [-0.25, -0.2) is 9.78 Å². The van der Waals surface area contributed by atoms with E-state index in [-0.39, 0.29) is 6.09 Å². The highest BCUT2D eigenvalue weighted by molar-refractivity contribution is 7.18. The molecule has 3 aromatic rings. The van der Waals surface area contributed by atoms with Gasteiger partial charge in [0.25, 0.3) is 0 Å². The van der Waals surface area contributed by atoms with Crippen LogP contribution in [0.5, 0.6) is 0 Å². The van der Waals surface area contributed by atoms with Crippen molar-refractivity contribution in [3.8, 4) is 6.07 Å². The molecule has 4 rings (SSSR count). The second-order valence-corrected chi connectivity index (χ2v) is 9.83. The number of amides is 1. The van der Waals surface area contributed by atoms with Gasteiger partial charge in [-0.2, -0.15) is 5.26 Å². The number of imidazole rings is 1. The maximum atomic E-state index is 11.9. The van der Waals surface area contributed by atoms with Gasteiger partial charge in [0.05, 0.1) is 34.4 Å². The van der Waals surface area contributed by atoms with Crippen molar-refractivity contribution in [1.82, 2.24) is 19.9 Å². The average Bonchev–Trinajstić information content (AvgIpc) is 3.29. The van der Waals surface area contributed by atoms with Crippen LogP contribution in [0.25, 0.3) is 21.3 Å². The van der Waals surface area contributed by atoms with Gasteiger partial charge in [0, 0.05) is 12.6 Å². The largest absolute Gasteiger partial charge is 0.444 e. The lowest BCUT2D eigenvalue weighted by Gasteiger charge is -2.31. The number of nitrogens with zero attached hydrogens (tertiary/aromatic N) is 4. The maximum Gasteiger partial charge on any atom is 0.407 e. The van der Waals surface area contributed by atoms with E-state index in [1.165, 1.54) is 0 Å². The molecule has 0 aliphatic heterocycles. The molecule has 1 amide bonds. The van der Waals surface area contributed by atoms with E-state index in [2.05, 4.69) is 26.3 Å². The van der Waals surface area contributed by atoms with Crippen molar-refractivity contribution < 1.29 is 9.53 Å². The van der Waals surface area contributed by atoms with Crippen LogP contribution in [-0.2, 0) is 11.2 Å². The zero-order valence-corrected chi connectivity index (χ0v) is 18.5. The lowest BCUT2D eigenvalue weighted by Crippen LogP contribution is -2.36. The van der Waals surface area contributed by atoms with Crippen molar-refractivity contribution >= 4 is 38.7 Å². The van der Waals surface area contributed by atoms with Gasteiger partial charge in [0.1, 0.15) is 16.9 Å². The van der Waals surface area contributed by atoms with Crippen molar-refractivity contribution in [2.24, 2.45) is 5.92 Å². The third kappa shape index (κ3) is 4.26. The number of ether oxygens (including phenoxy) is 1. The number of rotatable bonds is 4. The van der Waals surface area contributed by atoms with Crippen molar-refractivity contribution in [2.45, 2.75) is 64.5 Å². The van der Waals surface area contributed by atoms with E-state index in [4.69, 9.17) is 9.72 Å². The summed E-state index contributed by atoms with van der Waals surface area (Å²) in [6.07, 6.45) is 5.80. The highest BCUT2D eigenvalue weighted by Gasteiger charge is 2.27. The van der Waals surface area contributed by atoms with Crippen LogP contribution in [0.4, 0.5) is 4.79 Å². The van der Waals surface area contributed by atoms with Crippen LogP contribution in [0, 0.1) is 17.2 Å². The van der Waals surface area contributed by atoms with Crippen LogP contribution in [0.2, 0.25) is 0 Å². The Balaban J connectivity index is 1.49. The Morgan fingerprint density at radius 2 is 2.10 bits per heavy atom. The molecule has 0 spiro atoms. The molecule has 8 heteroatoms. The average molecular weight is 426 g/mol. The number of aromatic nitrogens is 3. The first-order valence-corrected chi connectivity index (χ1v) is 11.3. The van der Waals surface area contributed by atoms with E-state index in [9.17, 15) is 10.1 Å². The molecule has 0 unspecified atom stereocenters. The van der Waals surface area contributed by atoms with Crippen molar-refractivity contribution in [1.29, 1.82) is 5.26 Å². The Morgan fingerprint density at radius 3 is 2.80 bits per heavy atom. The first kappa shape index (κ1) is 20.6. The number of alkyl carbamates (subject to hydrolysis) is 1. The van der Waals surface area contributed by atoms with E-state index in [0.29, 0.717) is 24.9 Å². The summed E-state index contributed by atoms with van der Waals surface area (Å²) in [5, 5.41) is 14.3. The summed E-state index contributed by atoms with van der Waals surface area (Å²) in [4.78, 5) is 21.2. The van der Waals surface area contributed by atoms with E-state index in [0.717, 1.165) is 52.8 Å². The number of hydrogen-bond acceptors (Lipinski definition) is 6. The number of pyridine rings is 1. The standard InChI is InChI=1S/C22H27N5O2S/c1-22(2,3)29-21(28)25-12-14-4-6-15(7-5-14)27-18(8-10-23)26-17-13-24-16-9-11-30-20(16)19(17)27/h9,11,13-15H,4-8,12H2,1-3H3,(H,25,28)/t14-,15-. The summed E-state index contributed by atoms with van der Waals surface area (Å²) < 4.78 is 8.76. The van der Waals surface area contributed by atoms with Gasteiger partial charge in [-0.1, -0.05) is 0 Å². The molecule has 1 saturated carbocycles. The van der Waals surface area contributed by atoms with E-state index in [1.54, 1.807) is 11.3 Å². The van der Waals surface area contributed by atoms with E-state index >= 15 is 0 Å². The van der Waals surface area contributed by atoms with Gasteiger partial charge >= 0.3 is 6.09 Å². The summed E-state index contributed by atoms with van der Waals surface area (Å²) in [6.45, 7) is 6.24. The zero-order chi connectivity index (χ0) is 21.3. The molecular formula is C22H27N5O2S. The Bertz CT molecular complexity index is 1100. The minimum Gasteiger partial charge on any atom is -0.444 e. The molecule has 1 N–H and O–H groups in total. The second kappa shape index (κ2) is 8.23. The van der Waals surface area contributed by atoms with Gasteiger partial charge in [-0.15, -0.1) is 11.3 Å². The molecular weight excluding hydrogens is 398 g/mol. The minimum absolute atomic E-state index is 0.293. The first-order valence-electron chi connectivity index (χ1n) is 10.4. The molecule has 0 radical (unpaired) electrons. The third-order valence-electron chi connectivity index (χ3n) is 5.55. The first-order chi connectivity index (χ1) is 14.4. The number of carbonyl (C=O) groups is 1. The fourth-order valence-electron chi connectivity index (χ4n) is 4.26. The Hall–Kier alpha value is -2.66. The van der Waals surface area contributed by atoms with Gasteiger partial charge in [-0.3, -0.25) is 4.98 Å². The fourth-order valence-corrected chi connectivity index (χ4v) is 5.15. The van der Waals surface area contributed by atoms with Crippen LogP contribution in [0.15, 0.2) is 17.6 Å². The Kier molecular flexibility index (Phi) is 5.65. The molecule has 1 aliphatic rings. The number of nitriles is 1. The van der Waals surface area contributed by atoms with Gasteiger partial charge in [0.2, 0.25) is 0 Å². The number of thiophene rings is 1. The highest BCUT2D eigenvalue weighted by Crippen LogP contribution is 2.38. The molecule has 30 heavy (non-hydrogen) atoms. The molecule has 0 saturated heterocycles. The number of carbonyl (C=O) groups excluding carboxylic acids is 1. The van der Waals surface area contributed by atoms with Crippen LogP contribution in [-0.4, -0.2) is 32.8 Å². The van der Waals surface area contributed by atoms with E-state index in [1.807, 2.05) is 33.0 Å². The van der Waals surface area contributed by atoms with Crippen molar-refractivity contribution in [3.63, 3.8) is 0 Å². The fraction of sp³-hybridized carbons (Fsp3) is 0.545. The summed E-state index contributed by atoms with van der Waals surface area (Å²) in [6, 6.07) is 4.60. The molecule has 1 fully saturated rings. The second-order valence-electron chi connectivity index (χ2n) is 8.92. The summed E-state index contributed by atoms with van der Waals surface area (Å²) in [7, 11) is 0. The smallest absolute Gasteiger partial charge is 0.407 e. The molecule has 0 bridgehead atoms. The zero-order valence-electron chi connectivity index (χ0n) is 17.6. The Morgan fingerprint density at radius 1 is 1.33 bits per heavy atom. The summed E-state index contributed by atoms with van der Waals surface area (Å²) in [5.74, 6) is 1.26. The predicted molar refractivity (Wildman–Crippen MR) is 117 cm³/mol. The molecule has 7 nitrogen and oxygen atoms in total. The topological polar surface area (TPSA) is 92.8 Å². The number of hydrogen-bond donors (Lipinski definition) is 1. The maximum absolute atomic E-state index is 11.9. The Labute approximate surface area is 180 Å². The quantitative estimate of drug-likeness (QED) is 0.637. The van der Waals surface area contributed by atoms with Crippen LogP contribution in [0.3, 0.4) is 0 Å². The molecule has 1 aliphatic carbocycles. The lowest BCUT2D eigenvalue weighted by atomic mass is 9.85. The van der Waals surface area contributed by atoms with Crippen LogP contribution in [0.1, 0.15) is 58.3 Å². The monoisotopic (exact) mass is 425 g/mol. The molecule has 158 valence electrons. The van der Waals surface area contributed by atoms with Crippen LogP contribution >= 0.6 is 11.3 Å². The van der Waals surface area contributed by atoms with E-state index < -0.39 is 5.60 Å². The normalized spacial score (nSPS) is 19.7. The van der Waals surface area contributed by atoms with Crippen molar-refractivity contribution in [3.05, 3.63) is 23.5 Å². The van der Waals surface area contributed by atoms with Gasteiger partial charge in [-0.05, 0) is 63.8 Å². The summed E-state index contributed by atoms with van der Waals surface area (Å²) >= 11 is 1.68. The predicted octanol–water partition coefficient (Wildman–Crippen LogP) is 4.97. The molecule has 0 aromatic carbocycles. The van der Waals surface area contributed by atoms with Gasteiger partial charge in [0.15, 0.2) is 0 Å². The molecule has 0 atom stereocenters. The third-order valence-corrected chi connectivity index (χ3v) is 6.46. The summed E-state index contributed by atoms with van der Waals surface area (Å²) in [5.41, 5.74) is 2.47. The van der Waals surface area contributed by atoms with Crippen molar-refractivity contribution in [2.75, 3.05) is 6.54 Å². The highest BCUT2D eigenvalue weighted by atomic mass is 32.1. The lowest BCUT2D eigenvalue weighted by molar-refractivity contribution is 0.0513. The number of fused-ring (bicyclic) bond motifs is 3. The minimum atomic E-state index is -0.483. The number of nitrogens with one attached hydrogen (secondary N) is 1. The van der Waals surface area contributed by atoms with Crippen LogP contribution < -0.4 is 5.32 Å². The molecule has 3 aromatic heterocycles.